The fraction of sp³-hybridized carbons (Fsp3) is 0.474. The molecule has 144 valence electrons. The van der Waals surface area contributed by atoms with E-state index in [2.05, 4.69) is 10.4 Å². The fourth-order valence-corrected chi connectivity index (χ4v) is 3.27. The molecule has 8 heteroatoms. The van der Waals surface area contributed by atoms with E-state index in [-0.39, 0.29) is 30.2 Å². The molecule has 0 atom stereocenters. The van der Waals surface area contributed by atoms with Crippen LogP contribution < -0.4 is 11.0 Å². The predicted octanol–water partition coefficient (Wildman–Crippen LogP) is 2.20. The van der Waals surface area contributed by atoms with E-state index in [9.17, 15) is 14.4 Å². The number of carbonyl (C=O) groups excluding carboxylic acids is 2. The third-order valence-corrected chi connectivity index (χ3v) is 4.90. The third kappa shape index (κ3) is 5.07. The zero-order chi connectivity index (χ0) is 19.2. The summed E-state index contributed by atoms with van der Waals surface area (Å²) in [6.45, 7) is 1.66. The van der Waals surface area contributed by atoms with Crippen molar-refractivity contribution in [3.8, 4) is 0 Å². The molecular weight excluding hydrogens is 368 g/mol. The molecule has 0 aliphatic carbocycles. The van der Waals surface area contributed by atoms with Crippen LogP contribution >= 0.6 is 11.6 Å². The smallest absolute Gasteiger partial charge is 0.345 e. The lowest BCUT2D eigenvalue weighted by atomic mass is 10.1. The summed E-state index contributed by atoms with van der Waals surface area (Å²) in [5.41, 5.74) is 0.486. The van der Waals surface area contributed by atoms with Gasteiger partial charge in [-0.05, 0) is 43.5 Å². The van der Waals surface area contributed by atoms with Crippen molar-refractivity contribution in [1.29, 1.82) is 0 Å². The van der Waals surface area contributed by atoms with Crippen LogP contribution in [-0.4, -0.2) is 32.6 Å². The topological polar surface area (TPSA) is 86.0 Å². The van der Waals surface area contributed by atoms with Crippen molar-refractivity contribution < 1.29 is 9.59 Å². The van der Waals surface area contributed by atoms with Crippen molar-refractivity contribution in [2.75, 3.05) is 6.54 Å². The summed E-state index contributed by atoms with van der Waals surface area (Å²) in [5, 5.41) is 7.73. The highest BCUT2D eigenvalue weighted by atomic mass is 35.5. The van der Waals surface area contributed by atoms with Crippen LogP contribution in [0, 0.1) is 0 Å². The zero-order valence-electron chi connectivity index (χ0n) is 15.1. The highest BCUT2D eigenvalue weighted by Crippen LogP contribution is 2.12. The van der Waals surface area contributed by atoms with Crippen LogP contribution in [0.3, 0.4) is 0 Å². The summed E-state index contributed by atoms with van der Waals surface area (Å²) in [6.07, 6.45) is 3.85. The molecule has 1 amide bonds. The predicted molar refractivity (Wildman–Crippen MR) is 102 cm³/mol. The van der Waals surface area contributed by atoms with Crippen molar-refractivity contribution in [3.05, 3.63) is 51.2 Å². The van der Waals surface area contributed by atoms with Crippen LogP contribution in [0.15, 0.2) is 29.1 Å². The van der Waals surface area contributed by atoms with Crippen LogP contribution in [0.1, 0.15) is 48.3 Å². The molecule has 0 spiro atoms. The first-order chi connectivity index (χ1) is 13.0. The van der Waals surface area contributed by atoms with E-state index in [1.54, 1.807) is 28.8 Å². The largest absolute Gasteiger partial charge is 0.356 e. The van der Waals surface area contributed by atoms with Gasteiger partial charge in [0.05, 0.1) is 0 Å². The number of aromatic nitrogens is 3. The summed E-state index contributed by atoms with van der Waals surface area (Å²) in [4.78, 5) is 36.1. The summed E-state index contributed by atoms with van der Waals surface area (Å²) in [6, 6.07) is 6.63. The average molecular weight is 391 g/mol. The molecule has 7 nitrogen and oxygen atoms in total. The number of carbonyl (C=O) groups is 2. The highest BCUT2D eigenvalue weighted by Gasteiger charge is 2.16. The van der Waals surface area contributed by atoms with Gasteiger partial charge in [-0.3, -0.25) is 14.2 Å². The van der Waals surface area contributed by atoms with Gasteiger partial charge in [0, 0.05) is 49.5 Å². The number of hydrogen-bond acceptors (Lipinski definition) is 4. The molecule has 2 aromatic rings. The number of amides is 1. The number of hydrogen-bond donors (Lipinski definition) is 1. The van der Waals surface area contributed by atoms with E-state index in [0.29, 0.717) is 30.1 Å². The zero-order valence-corrected chi connectivity index (χ0v) is 15.9. The lowest BCUT2D eigenvalue weighted by Gasteiger charge is -2.09. The first-order valence-corrected chi connectivity index (χ1v) is 9.64. The minimum absolute atomic E-state index is 0.0652. The number of aryl methyl sites for hydroxylation is 2. The normalized spacial score (nSPS) is 13.2. The Hall–Kier alpha value is -2.41. The van der Waals surface area contributed by atoms with Gasteiger partial charge in [0.1, 0.15) is 5.82 Å². The first-order valence-electron chi connectivity index (χ1n) is 9.26. The van der Waals surface area contributed by atoms with E-state index in [1.807, 2.05) is 0 Å². The second-order valence-corrected chi connectivity index (χ2v) is 7.10. The van der Waals surface area contributed by atoms with Gasteiger partial charge >= 0.3 is 5.69 Å². The Morgan fingerprint density at radius 1 is 1.15 bits per heavy atom. The second-order valence-electron chi connectivity index (χ2n) is 6.66. The monoisotopic (exact) mass is 390 g/mol. The summed E-state index contributed by atoms with van der Waals surface area (Å²) >= 11 is 5.80. The minimum Gasteiger partial charge on any atom is -0.356 e. The third-order valence-electron chi connectivity index (χ3n) is 4.65. The van der Waals surface area contributed by atoms with Crippen LogP contribution in [0.25, 0.3) is 0 Å². The molecule has 27 heavy (non-hydrogen) atoms. The molecule has 1 aliphatic heterocycles. The number of rotatable bonds is 8. The Morgan fingerprint density at radius 2 is 1.93 bits per heavy atom. The van der Waals surface area contributed by atoms with Crippen molar-refractivity contribution in [2.24, 2.45) is 0 Å². The average Bonchev–Trinajstić information content (AvgIpc) is 3.00. The van der Waals surface area contributed by atoms with E-state index >= 15 is 0 Å². The molecular formula is C19H23ClN4O3. The van der Waals surface area contributed by atoms with Crippen LogP contribution in [0.5, 0.6) is 0 Å². The van der Waals surface area contributed by atoms with Gasteiger partial charge in [0.2, 0.25) is 5.91 Å². The minimum atomic E-state index is -0.172. The number of nitrogens with one attached hydrogen (secondary N) is 1. The number of nitrogens with zero attached hydrogens (tertiary/aromatic N) is 3. The van der Waals surface area contributed by atoms with E-state index < -0.39 is 0 Å². The Kier molecular flexibility index (Phi) is 6.45. The van der Waals surface area contributed by atoms with Crippen LogP contribution in [0.4, 0.5) is 0 Å². The Bertz CT molecular complexity index is 870. The molecule has 1 aromatic carbocycles. The number of ketones is 1. The number of Topliss-reactive ketones (excluding diaryl/α,β-unsaturated/α-hetero) is 1. The maximum Gasteiger partial charge on any atom is 0.345 e. The van der Waals surface area contributed by atoms with Gasteiger partial charge in [-0.1, -0.05) is 11.6 Å². The Morgan fingerprint density at radius 3 is 2.67 bits per heavy atom. The lowest BCUT2D eigenvalue weighted by molar-refractivity contribution is -0.121. The molecule has 0 fully saturated rings. The molecule has 0 radical (unpaired) electrons. The van der Waals surface area contributed by atoms with E-state index in [0.717, 1.165) is 31.6 Å². The highest BCUT2D eigenvalue weighted by molar-refractivity contribution is 6.30. The SMILES string of the molecule is O=C(CCC(=O)c1ccc(Cl)cc1)NCCCn1nc2n(c1=O)CCCC2. The molecule has 1 N–H and O–H groups in total. The first kappa shape index (κ1) is 19.4. The van der Waals surface area contributed by atoms with Crippen molar-refractivity contribution in [3.63, 3.8) is 0 Å². The van der Waals surface area contributed by atoms with Gasteiger partial charge in [-0.2, -0.15) is 5.10 Å². The van der Waals surface area contributed by atoms with Crippen molar-refractivity contribution in [1.82, 2.24) is 19.7 Å². The maximum atomic E-state index is 12.2. The van der Waals surface area contributed by atoms with Gasteiger partial charge < -0.3 is 5.32 Å². The quantitative estimate of drug-likeness (QED) is 0.553. The number of halogens is 1. The lowest BCUT2D eigenvalue weighted by Crippen LogP contribution is -2.29. The number of fused-ring (bicyclic) bond motifs is 1. The maximum absolute atomic E-state index is 12.2. The molecule has 0 saturated carbocycles. The molecule has 2 heterocycles. The Labute approximate surface area is 162 Å². The van der Waals surface area contributed by atoms with Gasteiger partial charge in [-0.25, -0.2) is 9.48 Å². The van der Waals surface area contributed by atoms with Crippen LogP contribution in [-0.2, 0) is 24.3 Å². The van der Waals surface area contributed by atoms with Crippen LogP contribution in [0.2, 0.25) is 5.02 Å². The molecule has 0 saturated heterocycles. The van der Waals surface area contributed by atoms with Crippen molar-refractivity contribution in [2.45, 2.75) is 51.6 Å². The molecule has 0 unspecified atom stereocenters. The molecule has 3 rings (SSSR count). The molecule has 1 aromatic heterocycles. The standard InChI is InChI=1S/C19H23ClN4O3/c20-15-7-5-14(6-8-15)16(25)9-10-18(26)21-11-3-13-24-19(27)23-12-2-1-4-17(23)22-24/h5-8H,1-4,9-13H2,(H,21,26). The van der Waals surface area contributed by atoms with Crippen molar-refractivity contribution >= 4 is 23.3 Å². The fourth-order valence-electron chi connectivity index (χ4n) is 3.15. The van der Waals surface area contributed by atoms with Gasteiger partial charge in [-0.15, -0.1) is 0 Å². The number of benzene rings is 1. The molecule has 1 aliphatic rings. The van der Waals surface area contributed by atoms with E-state index in [1.165, 1.54) is 4.68 Å². The van der Waals surface area contributed by atoms with Gasteiger partial charge in [0.15, 0.2) is 5.78 Å². The summed E-state index contributed by atoms with van der Waals surface area (Å²) < 4.78 is 3.22. The summed E-state index contributed by atoms with van der Waals surface area (Å²) in [5.74, 6) is 0.599. The second kappa shape index (κ2) is 8.99. The Balaban J connectivity index is 1.37. The molecule has 0 bridgehead atoms. The van der Waals surface area contributed by atoms with Gasteiger partial charge in [0.25, 0.3) is 0 Å². The summed E-state index contributed by atoms with van der Waals surface area (Å²) in [7, 11) is 0. The van der Waals surface area contributed by atoms with E-state index in [4.69, 9.17) is 11.6 Å².